The number of aromatic nitrogens is 1. The molecule has 0 spiro atoms. The van der Waals surface area contributed by atoms with E-state index in [1.807, 2.05) is 38.1 Å². The number of ketones is 1. The number of fused-ring (bicyclic) bond motifs is 3. The van der Waals surface area contributed by atoms with E-state index < -0.39 is 0 Å². The van der Waals surface area contributed by atoms with E-state index >= 15 is 0 Å². The molecule has 1 aliphatic carbocycles. The number of ether oxygens (including phenoxy) is 1. The Morgan fingerprint density at radius 1 is 1.04 bits per heavy atom. The van der Waals surface area contributed by atoms with E-state index in [-0.39, 0.29) is 5.78 Å². The normalized spacial score (nSPS) is 19.0. The van der Waals surface area contributed by atoms with Gasteiger partial charge < -0.3 is 14.2 Å². The molecule has 0 N–H and O–H groups in total. The van der Waals surface area contributed by atoms with Crippen LogP contribution in [0.25, 0.3) is 5.57 Å². The third kappa shape index (κ3) is 2.39. The van der Waals surface area contributed by atoms with E-state index in [1.54, 1.807) is 0 Å². The molecular weight excluding hydrogens is 344 g/mol. The minimum atomic E-state index is -0.0686. The lowest BCUT2D eigenvalue weighted by Crippen LogP contribution is -2.39. The molecule has 7 nitrogen and oxygen atoms in total. The minimum Gasteiger partial charge on any atom is -0.378 e. The second-order valence-corrected chi connectivity index (χ2v) is 6.77. The predicted octanol–water partition coefficient (Wildman–Crippen LogP) is 2.39. The molecule has 0 amide bonds. The molecule has 2 aromatic rings. The Kier molecular flexibility index (Phi) is 3.58. The Bertz CT molecular complexity index is 1040. The molecular formula is C20H18N4O3. The van der Waals surface area contributed by atoms with Crippen molar-refractivity contribution in [2.24, 2.45) is 9.98 Å². The summed E-state index contributed by atoms with van der Waals surface area (Å²) in [6.07, 6.45) is 0. The summed E-state index contributed by atoms with van der Waals surface area (Å²) in [4.78, 5) is 25.0. The highest BCUT2D eigenvalue weighted by Crippen LogP contribution is 2.38. The van der Waals surface area contributed by atoms with Crippen molar-refractivity contribution < 1.29 is 14.1 Å². The predicted molar refractivity (Wildman–Crippen MR) is 100 cm³/mol. The van der Waals surface area contributed by atoms with Crippen LogP contribution in [0.1, 0.15) is 32.9 Å². The van der Waals surface area contributed by atoms with Crippen molar-refractivity contribution >= 4 is 23.0 Å². The summed E-state index contributed by atoms with van der Waals surface area (Å²) in [5, 5.41) is 4.03. The van der Waals surface area contributed by atoms with Crippen LogP contribution in [0, 0.1) is 13.8 Å². The van der Waals surface area contributed by atoms with Gasteiger partial charge >= 0.3 is 0 Å². The fourth-order valence-electron chi connectivity index (χ4n) is 3.80. The largest absolute Gasteiger partial charge is 0.378 e. The number of allylic oxidation sites excluding steroid dienone is 2. The molecule has 0 radical (unpaired) electrons. The molecule has 136 valence electrons. The summed E-state index contributed by atoms with van der Waals surface area (Å²) in [6.45, 7) is 6.42. The standard InChI is InChI=1S/C20H18N4O3/c1-11-15(12(2)27-23-11)16-18-17(13-5-3-4-6-14(13)19(16)25)21-20(22-18)24-7-9-26-10-8-24/h3-6H,7-10H2,1-2H3. The van der Waals surface area contributed by atoms with Gasteiger partial charge in [0.05, 0.1) is 30.0 Å². The van der Waals surface area contributed by atoms with E-state index in [0.717, 1.165) is 24.4 Å². The van der Waals surface area contributed by atoms with Gasteiger partial charge in [-0.25, -0.2) is 9.98 Å². The first-order valence-electron chi connectivity index (χ1n) is 8.97. The molecule has 0 bridgehead atoms. The summed E-state index contributed by atoms with van der Waals surface area (Å²) in [5.74, 6) is 1.18. The van der Waals surface area contributed by atoms with Crippen LogP contribution in [0.3, 0.4) is 0 Å². The zero-order chi connectivity index (χ0) is 18.5. The molecule has 1 aromatic heterocycles. The monoisotopic (exact) mass is 362 g/mol. The fraction of sp³-hybridized carbons (Fsp3) is 0.300. The summed E-state index contributed by atoms with van der Waals surface area (Å²) >= 11 is 0. The minimum absolute atomic E-state index is 0.0686. The van der Waals surface area contributed by atoms with Gasteiger partial charge in [-0.1, -0.05) is 29.4 Å². The second kappa shape index (κ2) is 5.99. The van der Waals surface area contributed by atoms with Crippen LogP contribution >= 0.6 is 0 Å². The van der Waals surface area contributed by atoms with Crippen LogP contribution in [0.2, 0.25) is 0 Å². The highest BCUT2D eigenvalue weighted by atomic mass is 16.5. The first-order valence-corrected chi connectivity index (χ1v) is 8.97. The van der Waals surface area contributed by atoms with E-state index in [9.17, 15) is 4.79 Å². The van der Waals surface area contributed by atoms with Crippen molar-refractivity contribution in [2.75, 3.05) is 26.3 Å². The van der Waals surface area contributed by atoms with Crippen LogP contribution in [0.4, 0.5) is 0 Å². The molecule has 0 atom stereocenters. The van der Waals surface area contributed by atoms with Gasteiger partial charge in [-0.2, -0.15) is 0 Å². The van der Waals surface area contributed by atoms with Crippen molar-refractivity contribution in [3.05, 3.63) is 58.1 Å². The topological polar surface area (TPSA) is 80.3 Å². The smallest absolute Gasteiger partial charge is 0.226 e. The molecule has 0 unspecified atom stereocenters. The van der Waals surface area contributed by atoms with E-state index in [2.05, 4.69) is 10.1 Å². The molecule has 2 aliphatic heterocycles. The maximum Gasteiger partial charge on any atom is 0.226 e. The quantitative estimate of drug-likeness (QED) is 0.778. The van der Waals surface area contributed by atoms with E-state index in [1.165, 1.54) is 0 Å². The third-order valence-electron chi connectivity index (χ3n) is 5.12. The van der Waals surface area contributed by atoms with Gasteiger partial charge in [0.15, 0.2) is 5.78 Å². The lowest BCUT2D eigenvalue weighted by molar-refractivity contribution is 0.0677. The molecule has 1 fully saturated rings. The van der Waals surface area contributed by atoms with Crippen LogP contribution in [-0.2, 0) is 4.74 Å². The number of hydrogen-bond donors (Lipinski definition) is 0. The van der Waals surface area contributed by atoms with Gasteiger partial charge in [0, 0.05) is 24.2 Å². The zero-order valence-corrected chi connectivity index (χ0v) is 15.2. The number of benzene rings is 1. The number of aliphatic imine (C=N–C) groups is 2. The first kappa shape index (κ1) is 16.1. The Morgan fingerprint density at radius 2 is 1.78 bits per heavy atom. The molecule has 7 heteroatoms. The summed E-state index contributed by atoms with van der Waals surface area (Å²) < 4.78 is 10.8. The third-order valence-corrected chi connectivity index (χ3v) is 5.12. The number of Topliss-reactive ketones (excluding diaryl/α,β-unsaturated/α-hetero) is 1. The van der Waals surface area contributed by atoms with Gasteiger partial charge in [0.1, 0.15) is 17.2 Å². The Morgan fingerprint density at radius 3 is 2.48 bits per heavy atom. The SMILES string of the molecule is Cc1noc(C)c1C1=C2N=C(N3CCOCC3)N=C2c2ccccc2C1=O. The maximum atomic E-state index is 13.4. The summed E-state index contributed by atoms with van der Waals surface area (Å²) in [7, 11) is 0. The number of morpholine rings is 1. The van der Waals surface area contributed by atoms with Gasteiger partial charge in [-0.05, 0) is 13.8 Å². The maximum absolute atomic E-state index is 13.4. The van der Waals surface area contributed by atoms with Crippen molar-refractivity contribution in [1.29, 1.82) is 0 Å². The van der Waals surface area contributed by atoms with E-state index in [4.69, 9.17) is 19.2 Å². The Balaban J connectivity index is 1.74. The highest BCUT2D eigenvalue weighted by molar-refractivity contribution is 6.43. The lowest BCUT2D eigenvalue weighted by atomic mass is 9.83. The average Bonchev–Trinajstić information content (AvgIpc) is 3.28. The second-order valence-electron chi connectivity index (χ2n) is 6.77. The summed E-state index contributed by atoms with van der Waals surface area (Å²) in [5.41, 5.74) is 4.71. The van der Waals surface area contributed by atoms with Crippen LogP contribution in [-0.4, -0.2) is 53.8 Å². The van der Waals surface area contributed by atoms with Crippen molar-refractivity contribution in [3.63, 3.8) is 0 Å². The fourth-order valence-corrected chi connectivity index (χ4v) is 3.80. The average molecular weight is 362 g/mol. The number of carbonyl (C=O) groups excluding carboxylic acids is 1. The number of nitrogens with zero attached hydrogens (tertiary/aromatic N) is 4. The molecule has 1 saturated heterocycles. The molecule has 5 rings (SSSR count). The Hall–Kier alpha value is -3.06. The van der Waals surface area contributed by atoms with E-state index in [0.29, 0.717) is 53.0 Å². The van der Waals surface area contributed by atoms with Gasteiger partial charge in [0.2, 0.25) is 5.96 Å². The highest BCUT2D eigenvalue weighted by Gasteiger charge is 2.37. The number of guanidine groups is 1. The molecule has 1 aromatic carbocycles. The number of carbonyl (C=O) groups is 1. The lowest BCUT2D eigenvalue weighted by Gasteiger charge is -2.26. The molecule has 0 saturated carbocycles. The molecule has 3 aliphatic rings. The van der Waals surface area contributed by atoms with Gasteiger partial charge in [-0.15, -0.1) is 0 Å². The van der Waals surface area contributed by atoms with Crippen LogP contribution < -0.4 is 0 Å². The first-order chi connectivity index (χ1) is 13.1. The van der Waals surface area contributed by atoms with Crippen molar-refractivity contribution in [3.8, 4) is 0 Å². The number of aryl methyl sites for hydroxylation is 2. The summed E-state index contributed by atoms with van der Waals surface area (Å²) in [6, 6.07) is 7.54. The van der Waals surface area contributed by atoms with Gasteiger partial charge in [0.25, 0.3) is 0 Å². The number of rotatable bonds is 1. The zero-order valence-electron chi connectivity index (χ0n) is 15.2. The van der Waals surface area contributed by atoms with Crippen LogP contribution in [0.15, 0.2) is 44.5 Å². The van der Waals surface area contributed by atoms with Crippen molar-refractivity contribution in [1.82, 2.24) is 10.1 Å². The van der Waals surface area contributed by atoms with Crippen molar-refractivity contribution in [2.45, 2.75) is 13.8 Å². The van der Waals surface area contributed by atoms with Crippen LogP contribution in [0.5, 0.6) is 0 Å². The molecule has 27 heavy (non-hydrogen) atoms. The Labute approximate surface area is 156 Å². The van der Waals surface area contributed by atoms with Gasteiger partial charge in [-0.3, -0.25) is 4.79 Å². The molecule has 3 heterocycles. The number of hydrogen-bond acceptors (Lipinski definition) is 7.